The molecule has 0 aliphatic carbocycles. The number of aliphatic hydroxyl groups excluding tert-OH is 1. The highest BCUT2D eigenvalue weighted by Crippen LogP contribution is 2.17. The summed E-state index contributed by atoms with van der Waals surface area (Å²) in [7, 11) is 2.00. The van der Waals surface area contributed by atoms with Gasteiger partial charge in [-0.3, -0.25) is 0 Å². The van der Waals surface area contributed by atoms with Crippen molar-refractivity contribution in [1.82, 2.24) is 5.32 Å². The fourth-order valence-electron chi connectivity index (χ4n) is 1.57. The third-order valence-corrected chi connectivity index (χ3v) is 2.87. The van der Waals surface area contributed by atoms with Gasteiger partial charge in [-0.05, 0) is 38.5 Å². The number of hydrogen-bond acceptors (Lipinski definition) is 3. The Morgan fingerprint density at radius 1 is 1.47 bits per heavy atom. The molecule has 3 N–H and O–H groups in total. The van der Waals surface area contributed by atoms with Gasteiger partial charge >= 0.3 is 6.03 Å². The lowest BCUT2D eigenvalue weighted by Crippen LogP contribution is -2.31. The molecule has 0 spiro atoms. The summed E-state index contributed by atoms with van der Waals surface area (Å²) in [4.78, 5) is 13.7. The van der Waals surface area contributed by atoms with Crippen molar-refractivity contribution >= 4 is 17.4 Å². The zero-order valence-corrected chi connectivity index (χ0v) is 11.8. The predicted octanol–water partition coefficient (Wildman–Crippen LogP) is 2.04. The molecule has 2 amide bonds. The van der Waals surface area contributed by atoms with Gasteiger partial charge in [0, 0.05) is 31.5 Å². The standard InChI is InChI=1S/C14H23N3O2/c1-4-17(3)13-7-5-6-12(10-13)16-14(19)15-9-8-11(2)18/h5-7,10-11,18H,4,8-9H2,1-3H3,(H2,15,16,19). The average Bonchev–Trinajstić information content (AvgIpc) is 2.37. The van der Waals surface area contributed by atoms with E-state index in [-0.39, 0.29) is 6.03 Å². The quantitative estimate of drug-likeness (QED) is 0.737. The molecular weight excluding hydrogens is 242 g/mol. The molecule has 0 radical (unpaired) electrons. The molecule has 1 aromatic rings. The lowest BCUT2D eigenvalue weighted by molar-refractivity contribution is 0.184. The summed E-state index contributed by atoms with van der Waals surface area (Å²) in [5, 5.41) is 14.6. The van der Waals surface area contributed by atoms with E-state index < -0.39 is 6.10 Å². The molecule has 5 nitrogen and oxygen atoms in total. The zero-order chi connectivity index (χ0) is 14.3. The van der Waals surface area contributed by atoms with Crippen molar-refractivity contribution in [3.8, 4) is 0 Å². The van der Waals surface area contributed by atoms with Crippen LogP contribution < -0.4 is 15.5 Å². The Labute approximate surface area is 114 Å². The van der Waals surface area contributed by atoms with E-state index in [1.807, 2.05) is 31.3 Å². The number of carbonyl (C=O) groups excluding carboxylic acids is 1. The summed E-state index contributed by atoms with van der Waals surface area (Å²) in [5.74, 6) is 0. The lowest BCUT2D eigenvalue weighted by atomic mass is 10.2. The predicted molar refractivity (Wildman–Crippen MR) is 78.7 cm³/mol. The first-order chi connectivity index (χ1) is 9.02. The van der Waals surface area contributed by atoms with E-state index in [2.05, 4.69) is 22.5 Å². The molecule has 0 fully saturated rings. The van der Waals surface area contributed by atoms with Gasteiger partial charge in [0.15, 0.2) is 0 Å². The topological polar surface area (TPSA) is 64.6 Å². The van der Waals surface area contributed by atoms with Crippen molar-refractivity contribution in [1.29, 1.82) is 0 Å². The molecule has 0 bridgehead atoms. The Hall–Kier alpha value is -1.75. The monoisotopic (exact) mass is 265 g/mol. The maximum Gasteiger partial charge on any atom is 0.319 e. The molecule has 1 aromatic carbocycles. The van der Waals surface area contributed by atoms with Crippen LogP contribution in [-0.4, -0.2) is 37.4 Å². The number of nitrogens with one attached hydrogen (secondary N) is 2. The SMILES string of the molecule is CCN(C)c1cccc(NC(=O)NCCC(C)O)c1. The molecule has 1 rings (SSSR count). The molecule has 0 aliphatic heterocycles. The maximum absolute atomic E-state index is 11.6. The number of rotatable bonds is 6. The van der Waals surface area contributed by atoms with Crippen LogP contribution in [-0.2, 0) is 0 Å². The van der Waals surface area contributed by atoms with Crippen LogP contribution in [0.4, 0.5) is 16.2 Å². The first-order valence-electron chi connectivity index (χ1n) is 6.57. The van der Waals surface area contributed by atoms with Crippen LogP contribution in [0.3, 0.4) is 0 Å². The zero-order valence-electron chi connectivity index (χ0n) is 11.8. The highest BCUT2D eigenvalue weighted by Gasteiger charge is 2.04. The molecule has 0 aliphatic rings. The van der Waals surface area contributed by atoms with E-state index in [1.165, 1.54) is 0 Å². The molecule has 0 aromatic heterocycles. The highest BCUT2D eigenvalue weighted by atomic mass is 16.3. The molecule has 1 atom stereocenters. The van der Waals surface area contributed by atoms with Crippen LogP contribution in [0.25, 0.3) is 0 Å². The lowest BCUT2D eigenvalue weighted by Gasteiger charge is -2.17. The minimum atomic E-state index is -0.401. The van der Waals surface area contributed by atoms with E-state index in [0.29, 0.717) is 13.0 Å². The number of urea groups is 1. The van der Waals surface area contributed by atoms with Crippen molar-refractivity contribution in [3.63, 3.8) is 0 Å². The number of anilines is 2. The Balaban J connectivity index is 2.50. The van der Waals surface area contributed by atoms with Crippen molar-refractivity contribution in [3.05, 3.63) is 24.3 Å². The van der Waals surface area contributed by atoms with Crippen molar-refractivity contribution in [2.45, 2.75) is 26.4 Å². The van der Waals surface area contributed by atoms with Gasteiger partial charge in [0.2, 0.25) is 0 Å². The summed E-state index contributed by atoms with van der Waals surface area (Å²) < 4.78 is 0. The second kappa shape index (κ2) is 7.63. The van der Waals surface area contributed by atoms with Crippen LogP contribution in [0.5, 0.6) is 0 Å². The van der Waals surface area contributed by atoms with Crippen molar-refractivity contribution < 1.29 is 9.90 Å². The minimum absolute atomic E-state index is 0.253. The van der Waals surface area contributed by atoms with E-state index in [1.54, 1.807) is 6.92 Å². The van der Waals surface area contributed by atoms with Gasteiger partial charge in [-0.2, -0.15) is 0 Å². The van der Waals surface area contributed by atoms with Gasteiger partial charge in [0.05, 0.1) is 6.10 Å². The summed E-state index contributed by atoms with van der Waals surface area (Å²) in [5.41, 5.74) is 1.82. The summed E-state index contributed by atoms with van der Waals surface area (Å²) in [6.07, 6.45) is 0.147. The minimum Gasteiger partial charge on any atom is -0.393 e. The van der Waals surface area contributed by atoms with Gasteiger partial charge in [-0.1, -0.05) is 6.07 Å². The Bertz CT molecular complexity index is 407. The van der Waals surface area contributed by atoms with E-state index in [0.717, 1.165) is 17.9 Å². The van der Waals surface area contributed by atoms with Crippen molar-refractivity contribution in [2.24, 2.45) is 0 Å². The third-order valence-electron chi connectivity index (χ3n) is 2.87. The summed E-state index contributed by atoms with van der Waals surface area (Å²) in [6, 6.07) is 7.43. The number of amides is 2. The van der Waals surface area contributed by atoms with Crippen LogP contribution in [0, 0.1) is 0 Å². The average molecular weight is 265 g/mol. The van der Waals surface area contributed by atoms with Crippen LogP contribution in [0.15, 0.2) is 24.3 Å². The number of hydrogen-bond donors (Lipinski definition) is 3. The van der Waals surface area contributed by atoms with Crippen LogP contribution in [0.1, 0.15) is 20.3 Å². The van der Waals surface area contributed by atoms with Crippen LogP contribution >= 0.6 is 0 Å². The molecule has 0 saturated carbocycles. The number of carbonyl (C=O) groups is 1. The van der Waals surface area contributed by atoms with Crippen LogP contribution in [0.2, 0.25) is 0 Å². The Morgan fingerprint density at radius 2 is 2.21 bits per heavy atom. The fraction of sp³-hybridized carbons (Fsp3) is 0.500. The summed E-state index contributed by atoms with van der Waals surface area (Å²) in [6.45, 7) is 5.13. The number of aliphatic hydroxyl groups is 1. The maximum atomic E-state index is 11.6. The van der Waals surface area contributed by atoms with Gasteiger partial charge < -0.3 is 20.6 Å². The first kappa shape index (κ1) is 15.3. The Kier molecular flexibility index (Phi) is 6.15. The smallest absolute Gasteiger partial charge is 0.319 e. The number of nitrogens with zero attached hydrogens (tertiary/aromatic N) is 1. The molecule has 5 heteroatoms. The molecule has 1 unspecified atom stereocenters. The largest absolute Gasteiger partial charge is 0.393 e. The van der Waals surface area contributed by atoms with Gasteiger partial charge in [0.1, 0.15) is 0 Å². The second-order valence-electron chi connectivity index (χ2n) is 4.58. The summed E-state index contributed by atoms with van der Waals surface area (Å²) >= 11 is 0. The van der Waals surface area contributed by atoms with E-state index in [4.69, 9.17) is 5.11 Å². The molecule has 106 valence electrons. The fourth-order valence-corrected chi connectivity index (χ4v) is 1.57. The second-order valence-corrected chi connectivity index (χ2v) is 4.58. The molecule has 0 heterocycles. The third kappa shape index (κ3) is 5.61. The Morgan fingerprint density at radius 3 is 2.84 bits per heavy atom. The van der Waals surface area contributed by atoms with Crippen molar-refractivity contribution in [2.75, 3.05) is 30.4 Å². The first-order valence-corrected chi connectivity index (χ1v) is 6.57. The number of benzene rings is 1. The molecule has 0 saturated heterocycles. The van der Waals surface area contributed by atoms with E-state index in [9.17, 15) is 4.79 Å². The van der Waals surface area contributed by atoms with Gasteiger partial charge in [-0.25, -0.2) is 4.79 Å². The normalized spacial score (nSPS) is 11.8. The van der Waals surface area contributed by atoms with Gasteiger partial charge in [-0.15, -0.1) is 0 Å². The molecular formula is C14H23N3O2. The van der Waals surface area contributed by atoms with E-state index >= 15 is 0 Å². The molecule has 19 heavy (non-hydrogen) atoms. The van der Waals surface area contributed by atoms with Gasteiger partial charge in [0.25, 0.3) is 0 Å². The highest BCUT2D eigenvalue weighted by molar-refractivity contribution is 5.89.